The molecule has 0 bridgehead atoms. The Labute approximate surface area is 300 Å². The second kappa shape index (κ2) is 14.4. The van der Waals surface area contributed by atoms with E-state index in [-0.39, 0.29) is 23.7 Å². The SMILES string of the molecule is CCC1C=C([C@@H](c2ccc3c(nnn3CC)c2C)C(C)(C)C(=O)Nc2cccnc2)SC(C)=C1CN1C[C@@H](CC)Cc2ccccc2S1(=O)=O. The van der Waals surface area contributed by atoms with E-state index in [1.807, 2.05) is 55.8 Å². The minimum Gasteiger partial charge on any atom is -0.324 e. The third kappa shape index (κ3) is 6.67. The average Bonchev–Trinajstić information content (AvgIpc) is 3.49. The number of anilines is 1. The Kier molecular flexibility index (Phi) is 10.4. The highest BCUT2D eigenvalue weighted by atomic mass is 32.2. The van der Waals surface area contributed by atoms with Gasteiger partial charge in [-0.1, -0.05) is 81.4 Å². The Hall–Kier alpha value is -3.80. The molecule has 2 aliphatic heterocycles. The Balaban J connectivity index is 1.41. The molecule has 0 aliphatic carbocycles. The summed E-state index contributed by atoms with van der Waals surface area (Å²) < 4.78 is 31.9. The zero-order chi connectivity index (χ0) is 35.8. The summed E-state index contributed by atoms with van der Waals surface area (Å²) in [4.78, 5) is 21.0. The van der Waals surface area contributed by atoms with Crippen molar-refractivity contribution in [1.29, 1.82) is 0 Å². The van der Waals surface area contributed by atoms with Crippen molar-refractivity contribution in [3.05, 3.63) is 99.1 Å². The molecule has 0 saturated carbocycles. The quantitative estimate of drug-likeness (QED) is 0.177. The van der Waals surface area contributed by atoms with Crippen LogP contribution < -0.4 is 5.32 Å². The standard InChI is InChI=1S/C39H48N6O3S2/c1-8-27-20-29-14-11-12-16-35(29)50(47,48)44(23-27)24-32-26(5)49-34(21-28(32)9-2)36(39(6,7)38(46)41-30-15-13-19-40-22-30)31-17-18-33-37(25(31)4)42-43-45(33)10-3/h11-19,21-22,27-28,36H,8-10,20,23-24H2,1-7H3,(H,41,46)/t27-,28?,36+/m0/s1. The van der Waals surface area contributed by atoms with Gasteiger partial charge in [-0.15, -0.1) is 5.10 Å². The Morgan fingerprint density at radius 1 is 1.06 bits per heavy atom. The number of hydrogen-bond donors (Lipinski definition) is 1. The number of aromatic nitrogens is 4. The van der Waals surface area contributed by atoms with E-state index >= 15 is 0 Å². The van der Waals surface area contributed by atoms with Crippen LogP contribution in [0.15, 0.2) is 87.3 Å². The molecule has 2 aromatic heterocycles. The van der Waals surface area contributed by atoms with Crippen LogP contribution in [0.25, 0.3) is 11.0 Å². The number of thioether (sulfide) groups is 1. The molecule has 2 aliphatic rings. The average molecular weight is 713 g/mol. The number of aryl methyl sites for hydroxylation is 2. The van der Waals surface area contributed by atoms with Crippen LogP contribution in [-0.4, -0.2) is 51.7 Å². The lowest BCUT2D eigenvalue weighted by atomic mass is 9.71. The number of nitrogens with zero attached hydrogens (tertiary/aromatic N) is 5. The van der Waals surface area contributed by atoms with Gasteiger partial charge in [0.2, 0.25) is 15.9 Å². The first-order valence-electron chi connectivity index (χ1n) is 17.6. The van der Waals surface area contributed by atoms with Crippen molar-refractivity contribution < 1.29 is 13.2 Å². The molecular formula is C39H48N6O3S2. The lowest BCUT2D eigenvalue weighted by Gasteiger charge is -2.39. The Bertz CT molecular complexity index is 2070. The maximum absolute atomic E-state index is 14.2. The predicted octanol–water partition coefficient (Wildman–Crippen LogP) is 8.11. The molecule has 1 unspecified atom stereocenters. The third-order valence-corrected chi connectivity index (χ3v) is 13.7. The van der Waals surface area contributed by atoms with Gasteiger partial charge in [-0.05, 0) is 95.9 Å². The van der Waals surface area contributed by atoms with E-state index in [0.717, 1.165) is 62.4 Å². The van der Waals surface area contributed by atoms with E-state index in [9.17, 15) is 13.2 Å². The molecule has 1 N–H and O–H groups in total. The van der Waals surface area contributed by atoms with E-state index in [1.54, 1.807) is 34.5 Å². The molecule has 0 saturated heterocycles. The number of rotatable bonds is 10. The van der Waals surface area contributed by atoms with Crippen LogP contribution >= 0.6 is 11.8 Å². The van der Waals surface area contributed by atoms with Crippen LogP contribution in [0.1, 0.15) is 77.0 Å². The number of allylic oxidation sites excluding steroid dienone is 3. The predicted molar refractivity (Wildman–Crippen MR) is 202 cm³/mol. The summed E-state index contributed by atoms with van der Waals surface area (Å²) in [7, 11) is -3.68. The highest BCUT2D eigenvalue weighted by Crippen LogP contribution is 2.53. The molecule has 1 amide bonds. The molecule has 0 fully saturated rings. The third-order valence-electron chi connectivity index (χ3n) is 10.6. The number of carbonyl (C=O) groups is 1. The second-order valence-electron chi connectivity index (χ2n) is 14.1. The van der Waals surface area contributed by atoms with E-state index in [4.69, 9.17) is 0 Å². The monoisotopic (exact) mass is 712 g/mol. The fraction of sp³-hybridized carbons (Fsp3) is 0.436. The maximum atomic E-state index is 14.2. The van der Waals surface area contributed by atoms with Gasteiger partial charge in [0.05, 0.1) is 27.7 Å². The van der Waals surface area contributed by atoms with Crippen molar-refractivity contribution in [1.82, 2.24) is 24.3 Å². The first-order valence-corrected chi connectivity index (χ1v) is 19.9. The molecule has 4 aromatic rings. The van der Waals surface area contributed by atoms with Crippen molar-refractivity contribution in [3.8, 4) is 0 Å². The molecule has 4 heterocycles. The van der Waals surface area contributed by atoms with Gasteiger partial charge in [0, 0.05) is 37.7 Å². The smallest absolute Gasteiger partial charge is 0.243 e. The highest BCUT2D eigenvalue weighted by molar-refractivity contribution is 8.06. The molecule has 6 rings (SSSR count). The summed E-state index contributed by atoms with van der Waals surface area (Å²) in [5.41, 5.74) is 5.58. The van der Waals surface area contributed by atoms with E-state index < -0.39 is 15.4 Å². The summed E-state index contributed by atoms with van der Waals surface area (Å²) in [6, 6.07) is 15.3. The fourth-order valence-electron chi connectivity index (χ4n) is 7.51. The van der Waals surface area contributed by atoms with Gasteiger partial charge in [0.25, 0.3) is 0 Å². The molecule has 2 aromatic carbocycles. The lowest BCUT2D eigenvalue weighted by Crippen LogP contribution is -2.38. The van der Waals surface area contributed by atoms with Gasteiger partial charge in [0.15, 0.2) is 0 Å². The van der Waals surface area contributed by atoms with E-state index in [2.05, 4.69) is 66.5 Å². The van der Waals surface area contributed by atoms with Gasteiger partial charge in [-0.3, -0.25) is 9.78 Å². The number of amides is 1. The molecule has 0 spiro atoms. The number of hydrogen-bond acceptors (Lipinski definition) is 7. The molecule has 264 valence electrons. The molecule has 50 heavy (non-hydrogen) atoms. The number of nitrogens with one attached hydrogen (secondary N) is 1. The van der Waals surface area contributed by atoms with Gasteiger partial charge >= 0.3 is 0 Å². The molecular weight excluding hydrogens is 665 g/mol. The summed E-state index contributed by atoms with van der Waals surface area (Å²) in [6.45, 7) is 16.1. The zero-order valence-electron chi connectivity index (χ0n) is 30.1. The summed E-state index contributed by atoms with van der Waals surface area (Å²) in [6.07, 6.45) is 8.09. The molecule has 11 heteroatoms. The Morgan fingerprint density at radius 2 is 1.84 bits per heavy atom. The summed E-state index contributed by atoms with van der Waals surface area (Å²) in [5.74, 6) is -0.188. The van der Waals surface area contributed by atoms with Gasteiger partial charge in [-0.2, -0.15) is 4.31 Å². The van der Waals surface area contributed by atoms with Crippen LogP contribution in [-0.2, 0) is 27.8 Å². The number of benzene rings is 2. The van der Waals surface area contributed by atoms with Crippen LogP contribution in [0, 0.1) is 24.2 Å². The van der Waals surface area contributed by atoms with Gasteiger partial charge in [-0.25, -0.2) is 13.1 Å². The van der Waals surface area contributed by atoms with Crippen LogP contribution in [0.4, 0.5) is 5.69 Å². The molecule has 9 nitrogen and oxygen atoms in total. The van der Waals surface area contributed by atoms with Crippen LogP contribution in [0.2, 0.25) is 0 Å². The van der Waals surface area contributed by atoms with Crippen molar-refractivity contribution >= 4 is 44.4 Å². The topological polar surface area (TPSA) is 110 Å². The number of fused-ring (bicyclic) bond motifs is 2. The number of carbonyl (C=O) groups excluding carboxylic acids is 1. The lowest BCUT2D eigenvalue weighted by molar-refractivity contribution is -0.124. The normalized spacial score (nSPS) is 20.3. The number of pyridine rings is 1. The Morgan fingerprint density at radius 3 is 2.54 bits per heavy atom. The van der Waals surface area contributed by atoms with E-state index in [1.165, 1.54) is 0 Å². The minimum absolute atomic E-state index is 0.00436. The highest BCUT2D eigenvalue weighted by Gasteiger charge is 2.43. The van der Waals surface area contributed by atoms with Crippen molar-refractivity contribution in [2.75, 3.05) is 18.4 Å². The number of sulfonamides is 1. The second-order valence-corrected chi connectivity index (χ2v) is 17.2. The van der Waals surface area contributed by atoms with Crippen LogP contribution in [0.5, 0.6) is 0 Å². The van der Waals surface area contributed by atoms with Crippen molar-refractivity contribution in [3.63, 3.8) is 0 Å². The largest absolute Gasteiger partial charge is 0.324 e. The zero-order valence-corrected chi connectivity index (χ0v) is 31.7. The van der Waals surface area contributed by atoms with Gasteiger partial charge in [0.1, 0.15) is 5.52 Å². The fourth-order valence-corrected chi connectivity index (χ4v) is 10.7. The maximum Gasteiger partial charge on any atom is 0.243 e. The van der Waals surface area contributed by atoms with E-state index in [0.29, 0.717) is 30.2 Å². The first kappa shape index (κ1) is 36.0. The first-order chi connectivity index (χ1) is 23.9. The molecule has 0 radical (unpaired) electrons. The van der Waals surface area contributed by atoms with Crippen molar-refractivity contribution in [2.45, 2.75) is 85.1 Å². The van der Waals surface area contributed by atoms with Crippen LogP contribution in [0.3, 0.4) is 0 Å². The van der Waals surface area contributed by atoms with Gasteiger partial charge < -0.3 is 5.32 Å². The summed E-state index contributed by atoms with van der Waals surface area (Å²) >= 11 is 1.66. The molecule has 3 atom stereocenters. The van der Waals surface area contributed by atoms with Crippen molar-refractivity contribution in [2.24, 2.45) is 17.3 Å². The minimum atomic E-state index is -3.68. The summed E-state index contributed by atoms with van der Waals surface area (Å²) in [5, 5.41) is 12.1.